The molecule has 0 atom stereocenters. The molecule has 8 heteroatoms. The molecule has 2 aliphatic rings. The predicted octanol–water partition coefficient (Wildman–Crippen LogP) is -0.786. The molecule has 2 fully saturated rings. The first-order valence-corrected chi connectivity index (χ1v) is 7.55. The average molecular weight is 293 g/mol. The number of carbonyl (C=O) groups is 1. The van der Waals surface area contributed by atoms with Crippen molar-refractivity contribution in [3.8, 4) is 0 Å². The third-order valence-electron chi connectivity index (χ3n) is 4.14. The van der Waals surface area contributed by atoms with E-state index in [2.05, 4.69) is 25.3 Å². The Morgan fingerprint density at radius 3 is 2.48 bits per heavy atom. The summed E-state index contributed by atoms with van der Waals surface area (Å²) in [5.41, 5.74) is 0. The molecule has 2 heterocycles. The van der Waals surface area contributed by atoms with Crippen molar-refractivity contribution >= 4 is 5.91 Å². The molecular formula is C13H23N7O. The van der Waals surface area contributed by atoms with Gasteiger partial charge in [-0.1, -0.05) is 0 Å². The van der Waals surface area contributed by atoms with Crippen LogP contribution >= 0.6 is 0 Å². The monoisotopic (exact) mass is 293 g/mol. The second-order valence-corrected chi connectivity index (χ2v) is 6.11. The fourth-order valence-corrected chi connectivity index (χ4v) is 2.56. The molecule has 0 bridgehead atoms. The summed E-state index contributed by atoms with van der Waals surface area (Å²) in [5, 5.41) is 12.0. The molecule has 1 amide bonds. The number of amides is 1. The van der Waals surface area contributed by atoms with E-state index in [-0.39, 0.29) is 5.91 Å². The summed E-state index contributed by atoms with van der Waals surface area (Å²) < 4.78 is 1.97. The number of likely N-dealkylation sites (N-methyl/N-ethyl adjacent to an activating group) is 1. The van der Waals surface area contributed by atoms with Crippen molar-refractivity contribution in [1.82, 2.24) is 34.9 Å². The van der Waals surface area contributed by atoms with Crippen LogP contribution in [0.4, 0.5) is 0 Å². The van der Waals surface area contributed by atoms with Gasteiger partial charge in [0.1, 0.15) is 0 Å². The van der Waals surface area contributed by atoms with Gasteiger partial charge in [-0.2, -0.15) is 0 Å². The minimum Gasteiger partial charge on any atom is -0.348 e. The summed E-state index contributed by atoms with van der Waals surface area (Å²) >= 11 is 0. The van der Waals surface area contributed by atoms with Gasteiger partial charge in [-0.3, -0.25) is 14.6 Å². The summed E-state index contributed by atoms with van der Waals surface area (Å²) in [4.78, 5) is 17.9. The highest BCUT2D eigenvalue weighted by Gasteiger charge is 2.29. The third-order valence-corrected chi connectivity index (χ3v) is 4.14. The van der Waals surface area contributed by atoms with E-state index in [0.717, 1.165) is 38.5 Å². The molecular weight excluding hydrogens is 270 g/mol. The highest BCUT2D eigenvalue weighted by molar-refractivity contribution is 5.77. The van der Waals surface area contributed by atoms with Crippen LogP contribution in [0, 0.1) is 0 Å². The van der Waals surface area contributed by atoms with E-state index in [0.29, 0.717) is 12.6 Å². The maximum atomic E-state index is 11.7. The first kappa shape index (κ1) is 14.4. The zero-order valence-electron chi connectivity index (χ0n) is 12.8. The lowest BCUT2D eigenvalue weighted by Gasteiger charge is -2.34. The van der Waals surface area contributed by atoms with Crippen molar-refractivity contribution in [2.24, 2.45) is 0 Å². The number of tetrazole rings is 1. The number of rotatable bonds is 5. The van der Waals surface area contributed by atoms with Crippen LogP contribution in [0.1, 0.15) is 24.7 Å². The summed E-state index contributed by atoms with van der Waals surface area (Å²) in [6.07, 6.45) is 2.39. The molecule has 1 aromatic rings. The summed E-state index contributed by atoms with van der Waals surface area (Å²) in [7, 11) is 3.60. The van der Waals surface area contributed by atoms with Crippen LogP contribution in [0.5, 0.6) is 0 Å². The molecule has 0 unspecified atom stereocenters. The van der Waals surface area contributed by atoms with Gasteiger partial charge in [-0.15, -0.1) is 5.10 Å². The lowest BCUT2D eigenvalue weighted by molar-refractivity contribution is -0.130. The molecule has 1 aliphatic carbocycles. The van der Waals surface area contributed by atoms with Gasteiger partial charge in [0.15, 0.2) is 5.82 Å². The van der Waals surface area contributed by atoms with Gasteiger partial charge in [0.05, 0.1) is 19.1 Å². The number of piperazine rings is 1. The highest BCUT2D eigenvalue weighted by Crippen LogP contribution is 2.34. The van der Waals surface area contributed by atoms with Crippen LogP contribution in [0.3, 0.4) is 0 Å². The Labute approximate surface area is 124 Å². The fourth-order valence-electron chi connectivity index (χ4n) is 2.56. The number of aromatic nitrogens is 4. The topological polar surface area (TPSA) is 70.4 Å². The maximum Gasteiger partial charge on any atom is 0.236 e. The Kier molecular flexibility index (Phi) is 4.16. The summed E-state index contributed by atoms with van der Waals surface area (Å²) in [6, 6.07) is 0.522. The van der Waals surface area contributed by atoms with Crippen molar-refractivity contribution in [2.45, 2.75) is 25.4 Å². The lowest BCUT2D eigenvalue weighted by atomic mass is 10.3. The number of nitrogens with zero attached hydrogens (tertiary/aromatic N) is 7. The Hall–Kier alpha value is -1.54. The largest absolute Gasteiger partial charge is 0.348 e. The predicted molar refractivity (Wildman–Crippen MR) is 76.5 cm³/mol. The zero-order valence-corrected chi connectivity index (χ0v) is 12.8. The van der Waals surface area contributed by atoms with Gasteiger partial charge in [-0.05, 0) is 23.3 Å². The normalized spacial score (nSPS) is 20.7. The van der Waals surface area contributed by atoms with E-state index in [4.69, 9.17) is 0 Å². The number of hydrogen-bond acceptors (Lipinski definition) is 6. The van der Waals surface area contributed by atoms with E-state index in [1.54, 1.807) is 19.0 Å². The molecule has 0 N–H and O–H groups in total. The third kappa shape index (κ3) is 3.56. The van der Waals surface area contributed by atoms with Gasteiger partial charge in [0.2, 0.25) is 5.91 Å². The Morgan fingerprint density at radius 1 is 1.19 bits per heavy atom. The van der Waals surface area contributed by atoms with E-state index < -0.39 is 0 Å². The minimum atomic E-state index is 0.168. The van der Waals surface area contributed by atoms with Crippen LogP contribution in [-0.2, 0) is 11.3 Å². The van der Waals surface area contributed by atoms with Crippen molar-refractivity contribution in [3.63, 3.8) is 0 Å². The Balaban J connectivity index is 1.47. The number of hydrogen-bond donors (Lipinski definition) is 0. The van der Waals surface area contributed by atoms with E-state index >= 15 is 0 Å². The smallest absolute Gasteiger partial charge is 0.236 e. The first-order chi connectivity index (χ1) is 10.1. The molecule has 21 heavy (non-hydrogen) atoms. The average Bonchev–Trinajstić information content (AvgIpc) is 3.21. The molecule has 1 saturated heterocycles. The van der Waals surface area contributed by atoms with Crippen molar-refractivity contribution in [3.05, 3.63) is 5.82 Å². The zero-order chi connectivity index (χ0) is 14.8. The number of carbonyl (C=O) groups excluding carboxylic acids is 1. The van der Waals surface area contributed by atoms with E-state index in [1.807, 2.05) is 4.68 Å². The van der Waals surface area contributed by atoms with Crippen LogP contribution in [-0.4, -0.2) is 87.6 Å². The van der Waals surface area contributed by atoms with Gasteiger partial charge in [-0.25, -0.2) is 4.68 Å². The van der Waals surface area contributed by atoms with E-state index in [1.165, 1.54) is 12.8 Å². The second-order valence-electron chi connectivity index (χ2n) is 6.11. The van der Waals surface area contributed by atoms with Crippen LogP contribution < -0.4 is 0 Å². The van der Waals surface area contributed by atoms with Gasteiger partial charge in [0.25, 0.3) is 0 Å². The van der Waals surface area contributed by atoms with Gasteiger partial charge >= 0.3 is 0 Å². The molecule has 0 spiro atoms. The minimum absolute atomic E-state index is 0.168. The molecule has 0 radical (unpaired) electrons. The van der Waals surface area contributed by atoms with Crippen molar-refractivity contribution < 1.29 is 4.79 Å². The molecule has 0 aromatic carbocycles. The standard InChI is InChI=1S/C13H23N7O/c1-17(2)13(21)10-19-7-5-18(6-8-19)9-12-14-15-16-20(12)11-3-4-11/h11H,3-10H2,1-2H3. The summed E-state index contributed by atoms with van der Waals surface area (Å²) in [5.74, 6) is 1.14. The second kappa shape index (κ2) is 6.07. The van der Waals surface area contributed by atoms with E-state index in [9.17, 15) is 4.79 Å². The van der Waals surface area contributed by atoms with Gasteiger partial charge < -0.3 is 4.90 Å². The highest BCUT2D eigenvalue weighted by atomic mass is 16.2. The SMILES string of the molecule is CN(C)C(=O)CN1CCN(Cc2nnnn2C2CC2)CC1. The van der Waals surface area contributed by atoms with Crippen LogP contribution in [0.15, 0.2) is 0 Å². The van der Waals surface area contributed by atoms with Crippen molar-refractivity contribution in [1.29, 1.82) is 0 Å². The molecule has 3 rings (SSSR count). The molecule has 116 valence electrons. The molecule has 8 nitrogen and oxygen atoms in total. The van der Waals surface area contributed by atoms with Gasteiger partial charge in [0, 0.05) is 40.3 Å². The Morgan fingerprint density at radius 2 is 1.86 bits per heavy atom. The maximum absolute atomic E-state index is 11.7. The van der Waals surface area contributed by atoms with Crippen molar-refractivity contribution in [2.75, 3.05) is 46.8 Å². The van der Waals surface area contributed by atoms with Crippen LogP contribution in [0.25, 0.3) is 0 Å². The fraction of sp³-hybridized carbons (Fsp3) is 0.846. The molecule has 1 aliphatic heterocycles. The lowest BCUT2D eigenvalue weighted by Crippen LogP contribution is -2.49. The summed E-state index contributed by atoms with van der Waals surface area (Å²) in [6.45, 7) is 5.07. The molecule has 1 saturated carbocycles. The van der Waals surface area contributed by atoms with Crippen LogP contribution in [0.2, 0.25) is 0 Å². The first-order valence-electron chi connectivity index (χ1n) is 7.55. The quantitative estimate of drug-likeness (QED) is 0.709. The Bertz CT molecular complexity index is 488. The molecule has 1 aromatic heterocycles.